The first kappa shape index (κ1) is 15.2. The number of carbonyl (C=O) groups is 1. The number of nitrogens with two attached hydrogens (primary N) is 1. The lowest BCUT2D eigenvalue weighted by molar-refractivity contribution is -0.0364. The number of aliphatic hydroxyl groups is 1. The summed E-state index contributed by atoms with van der Waals surface area (Å²) in [7, 11) is 0. The Bertz CT molecular complexity index is 278. The molecule has 6 nitrogen and oxygen atoms in total. The summed E-state index contributed by atoms with van der Waals surface area (Å²) in [6.07, 6.45) is -0.840. The highest BCUT2D eigenvalue weighted by molar-refractivity contribution is 5.68. The van der Waals surface area contributed by atoms with Crippen molar-refractivity contribution >= 4 is 6.09 Å². The second-order valence-corrected chi connectivity index (χ2v) is 5.49. The maximum absolute atomic E-state index is 12.0. The highest BCUT2D eigenvalue weighted by Crippen LogP contribution is 2.14. The van der Waals surface area contributed by atoms with E-state index in [4.69, 9.17) is 15.2 Å². The molecule has 3 N–H and O–H groups in total. The second kappa shape index (κ2) is 6.36. The Morgan fingerprint density at radius 1 is 1.61 bits per heavy atom. The molecule has 1 amide bonds. The summed E-state index contributed by atoms with van der Waals surface area (Å²) in [5.41, 5.74) is 4.89. The third-order valence-corrected chi connectivity index (χ3v) is 2.63. The fourth-order valence-electron chi connectivity index (χ4n) is 1.73. The summed E-state index contributed by atoms with van der Waals surface area (Å²) < 4.78 is 10.8. The molecular weight excluding hydrogens is 236 g/mol. The van der Waals surface area contributed by atoms with E-state index in [9.17, 15) is 9.90 Å². The van der Waals surface area contributed by atoms with Crippen LogP contribution < -0.4 is 5.73 Å². The van der Waals surface area contributed by atoms with Gasteiger partial charge in [0.2, 0.25) is 0 Å². The third-order valence-electron chi connectivity index (χ3n) is 2.63. The maximum atomic E-state index is 12.0. The molecule has 2 atom stereocenters. The highest BCUT2D eigenvalue weighted by Gasteiger charge is 2.29. The molecule has 1 saturated heterocycles. The topological polar surface area (TPSA) is 85.0 Å². The van der Waals surface area contributed by atoms with Crippen LogP contribution in [0.1, 0.15) is 27.2 Å². The van der Waals surface area contributed by atoms with Crippen LogP contribution in [-0.2, 0) is 9.47 Å². The van der Waals surface area contributed by atoms with Gasteiger partial charge in [0.1, 0.15) is 11.7 Å². The Kier molecular flexibility index (Phi) is 5.37. The van der Waals surface area contributed by atoms with E-state index in [0.717, 1.165) is 6.42 Å². The molecule has 1 aliphatic rings. The number of carbonyl (C=O) groups excluding carboxylic acids is 1. The summed E-state index contributed by atoms with van der Waals surface area (Å²) >= 11 is 0. The lowest BCUT2D eigenvalue weighted by Crippen LogP contribution is -2.45. The van der Waals surface area contributed by atoms with Crippen LogP contribution in [0.5, 0.6) is 0 Å². The van der Waals surface area contributed by atoms with Crippen molar-refractivity contribution in [2.24, 2.45) is 5.73 Å². The molecule has 1 aliphatic heterocycles. The molecule has 0 radical (unpaired) electrons. The van der Waals surface area contributed by atoms with Gasteiger partial charge < -0.3 is 25.2 Å². The monoisotopic (exact) mass is 260 g/mol. The molecule has 1 heterocycles. The van der Waals surface area contributed by atoms with Crippen LogP contribution in [-0.4, -0.2) is 60.1 Å². The Morgan fingerprint density at radius 3 is 2.83 bits per heavy atom. The number of rotatable bonds is 2. The first-order chi connectivity index (χ1) is 8.33. The van der Waals surface area contributed by atoms with E-state index in [0.29, 0.717) is 19.7 Å². The van der Waals surface area contributed by atoms with Gasteiger partial charge in [-0.1, -0.05) is 0 Å². The first-order valence-corrected chi connectivity index (χ1v) is 6.31. The molecule has 2 unspecified atom stereocenters. The largest absolute Gasteiger partial charge is 0.444 e. The Balaban J connectivity index is 2.61. The molecule has 1 fully saturated rings. The fourth-order valence-corrected chi connectivity index (χ4v) is 1.73. The van der Waals surface area contributed by atoms with Gasteiger partial charge in [-0.3, -0.25) is 0 Å². The molecule has 6 heteroatoms. The molecule has 106 valence electrons. The van der Waals surface area contributed by atoms with Crippen molar-refractivity contribution in [3.05, 3.63) is 0 Å². The van der Waals surface area contributed by atoms with Crippen LogP contribution in [0.25, 0.3) is 0 Å². The molecule has 0 aromatic carbocycles. The van der Waals surface area contributed by atoms with E-state index in [1.807, 2.05) is 20.8 Å². The molecule has 0 aliphatic carbocycles. The van der Waals surface area contributed by atoms with Gasteiger partial charge in [-0.15, -0.1) is 0 Å². The van der Waals surface area contributed by atoms with Crippen molar-refractivity contribution in [2.45, 2.75) is 45.0 Å². The standard InChI is InChI=1S/C12H24N2O4/c1-12(2,3)18-11(16)14-5-4-6-17-10(8-14)9(15)7-13/h9-10,15H,4-8,13H2,1-3H3. The average Bonchev–Trinajstić information content (AvgIpc) is 2.51. The lowest BCUT2D eigenvalue weighted by Gasteiger charge is -2.29. The summed E-state index contributed by atoms with van der Waals surface area (Å²) in [6, 6.07) is 0. The van der Waals surface area contributed by atoms with Crippen molar-refractivity contribution in [1.82, 2.24) is 4.90 Å². The molecule has 0 aromatic heterocycles. The first-order valence-electron chi connectivity index (χ1n) is 6.31. The normalized spacial score (nSPS) is 23.4. The molecular formula is C12H24N2O4. The minimum absolute atomic E-state index is 0.118. The van der Waals surface area contributed by atoms with Crippen molar-refractivity contribution in [1.29, 1.82) is 0 Å². The van der Waals surface area contributed by atoms with E-state index in [-0.39, 0.29) is 12.6 Å². The summed E-state index contributed by atoms with van der Waals surface area (Å²) in [5, 5.41) is 9.71. The van der Waals surface area contributed by atoms with Gasteiger partial charge in [-0.05, 0) is 27.2 Å². The lowest BCUT2D eigenvalue weighted by atomic mass is 10.2. The van der Waals surface area contributed by atoms with E-state index < -0.39 is 17.8 Å². The van der Waals surface area contributed by atoms with Crippen LogP contribution in [0.4, 0.5) is 4.79 Å². The number of hydrogen-bond donors (Lipinski definition) is 2. The van der Waals surface area contributed by atoms with Crippen molar-refractivity contribution in [3.8, 4) is 0 Å². The van der Waals surface area contributed by atoms with Gasteiger partial charge in [-0.25, -0.2) is 4.79 Å². The van der Waals surface area contributed by atoms with E-state index in [1.54, 1.807) is 4.90 Å². The number of ether oxygens (including phenoxy) is 2. The van der Waals surface area contributed by atoms with Gasteiger partial charge >= 0.3 is 6.09 Å². The SMILES string of the molecule is CC(C)(C)OC(=O)N1CCCOC(C(O)CN)C1. The molecule has 0 aromatic rings. The maximum Gasteiger partial charge on any atom is 0.410 e. The zero-order valence-corrected chi connectivity index (χ0v) is 11.4. The van der Waals surface area contributed by atoms with Gasteiger partial charge in [0, 0.05) is 19.7 Å². The van der Waals surface area contributed by atoms with Crippen molar-refractivity contribution in [2.75, 3.05) is 26.2 Å². The van der Waals surface area contributed by atoms with Gasteiger partial charge in [0.15, 0.2) is 0 Å². The van der Waals surface area contributed by atoms with Gasteiger partial charge in [0.05, 0.1) is 12.6 Å². The van der Waals surface area contributed by atoms with Gasteiger partial charge in [0.25, 0.3) is 0 Å². The minimum atomic E-state index is -0.756. The summed E-state index contributed by atoms with van der Waals surface area (Å²) in [6.45, 7) is 6.99. The average molecular weight is 260 g/mol. The number of nitrogens with zero attached hydrogens (tertiary/aromatic N) is 1. The predicted molar refractivity (Wildman–Crippen MR) is 67.2 cm³/mol. The molecule has 0 saturated carbocycles. The highest BCUT2D eigenvalue weighted by atomic mass is 16.6. The Hall–Kier alpha value is -0.850. The molecule has 0 bridgehead atoms. The van der Waals surface area contributed by atoms with Crippen LogP contribution in [0.3, 0.4) is 0 Å². The summed E-state index contributed by atoms with van der Waals surface area (Å²) in [5.74, 6) is 0. The number of amides is 1. The molecule has 18 heavy (non-hydrogen) atoms. The van der Waals surface area contributed by atoms with E-state index in [1.165, 1.54) is 0 Å². The van der Waals surface area contributed by atoms with Crippen LogP contribution in [0.2, 0.25) is 0 Å². The van der Waals surface area contributed by atoms with Gasteiger partial charge in [-0.2, -0.15) is 0 Å². The predicted octanol–water partition coefficient (Wildman–Crippen LogP) is 0.332. The van der Waals surface area contributed by atoms with E-state index in [2.05, 4.69) is 0 Å². The number of hydrogen-bond acceptors (Lipinski definition) is 5. The van der Waals surface area contributed by atoms with Crippen molar-refractivity contribution < 1.29 is 19.4 Å². The van der Waals surface area contributed by atoms with Crippen molar-refractivity contribution in [3.63, 3.8) is 0 Å². The molecule has 1 rings (SSSR count). The van der Waals surface area contributed by atoms with Crippen LogP contribution in [0, 0.1) is 0 Å². The fraction of sp³-hybridized carbons (Fsp3) is 0.917. The zero-order valence-electron chi connectivity index (χ0n) is 11.4. The second-order valence-electron chi connectivity index (χ2n) is 5.49. The smallest absolute Gasteiger partial charge is 0.410 e. The number of aliphatic hydroxyl groups excluding tert-OH is 1. The molecule has 0 spiro atoms. The Labute approximate surface area is 108 Å². The zero-order chi connectivity index (χ0) is 13.8. The minimum Gasteiger partial charge on any atom is -0.444 e. The van der Waals surface area contributed by atoms with Crippen LogP contribution in [0.15, 0.2) is 0 Å². The summed E-state index contributed by atoms with van der Waals surface area (Å²) in [4.78, 5) is 13.5. The third kappa shape index (κ3) is 4.80. The van der Waals surface area contributed by atoms with Crippen LogP contribution >= 0.6 is 0 Å². The Morgan fingerprint density at radius 2 is 2.28 bits per heavy atom. The van der Waals surface area contributed by atoms with E-state index >= 15 is 0 Å². The quantitative estimate of drug-likeness (QED) is 0.747.